The fourth-order valence-corrected chi connectivity index (χ4v) is 7.83. The van der Waals surface area contributed by atoms with Crippen LogP contribution in [0.4, 0.5) is 0 Å². The number of fused-ring (bicyclic) bond motifs is 4. The Morgan fingerprint density at radius 3 is 1.60 bits per heavy atom. The molecule has 0 saturated heterocycles. The quantitative estimate of drug-likeness (QED) is 0.205. The molecule has 0 heteroatoms. The fraction of sp³-hybridized carbons (Fsp3) is 0.116. The van der Waals surface area contributed by atoms with Gasteiger partial charge in [0.25, 0.3) is 0 Å². The molecule has 0 aromatic heterocycles. The SMILES string of the molecule is Cc1cc(-c2ccc3c4c(cccc24)-c2c-3c(-c3ccccc3)c3ccccc3c2-c2ccccc2)cc(C2C[C@H]2C)c1. The van der Waals surface area contributed by atoms with E-state index in [1.54, 1.807) is 0 Å². The third-order valence-electron chi connectivity index (χ3n) is 9.87. The van der Waals surface area contributed by atoms with Crippen molar-refractivity contribution in [2.45, 2.75) is 26.2 Å². The molecule has 1 saturated carbocycles. The first-order valence-electron chi connectivity index (χ1n) is 15.6. The van der Waals surface area contributed by atoms with Gasteiger partial charge in [0.2, 0.25) is 0 Å². The van der Waals surface area contributed by atoms with Crippen LogP contribution in [0, 0.1) is 12.8 Å². The largest absolute Gasteiger partial charge is 0.0622 e. The molecule has 0 bridgehead atoms. The van der Waals surface area contributed by atoms with E-state index in [4.69, 9.17) is 0 Å². The Kier molecular flexibility index (Phi) is 5.32. The van der Waals surface area contributed by atoms with Gasteiger partial charge in [-0.3, -0.25) is 0 Å². The molecule has 2 atom stereocenters. The van der Waals surface area contributed by atoms with E-state index >= 15 is 0 Å². The highest BCUT2D eigenvalue weighted by Crippen LogP contribution is 2.58. The molecular weight excluding hydrogens is 516 g/mol. The van der Waals surface area contributed by atoms with Crippen LogP contribution >= 0.6 is 0 Å². The van der Waals surface area contributed by atoms with Crippen LogP contribution in [-0.2, 0) is 0 Å². The molecule has 2 aliphatic rings. The van der Waals surface area contributed by atoms with Crippen LogP contribution in [0.3, 0.4) is 0 Å². The molecule has 0 N–H and O–H groups in total. The molecule has 0 radical (unpaired) electrons. The van der Waals surface area contributed by atoms with E-state index in [9.17, 15) is 0 Å². The van der Waals surface area contributed by atoms with Crippen molar-refractivity contribution in [3.63, 3.8) is 0 Å². The van der Waals surface area contributed by atoms with Crippen molar-refractivity contribution < 1.29 is 0 Å². The highest BCUT2D eigenvalue weighted by atomic mass is 14.4. The summed E-state index contributed by atoms with van der Waals surface area (Å²) in [7, 11) is 0. The first-order chi connectivity index (χ1) is 21.2. The first-order valence-corrected chi connectivity index (χ1v) is 15.6. The van der Waals surface area contributed by atoms with Gasteiger partial charge in [-0.15, -0.1) is 0 Å². The second kappa shape index (κ2) is 9.28. The maximum absolute atomic E-state index is 2.46. The highest BCUT2D eigenvalue weighted by Gasteiger charge is 2.35. The Hall–Kier alpha value is -4.94. The molecule has 204 valence electrons. The van der Waals surface area contributed by atoms with Crippen molar-refractivity contribution in [2.75, 3.05) is 0 Å². The van der Waals surface area contributed by atoms with E-state index in [0.29, 0.717) is 5.92 Å². The van der Waals surface area contributed by atoms with Gasteiger partial charge < -0.3 is 0 Å². The number of hydrogen-bond acceptors (Lipinski definition) is 0. The lowest BCUT2D eigenvalue weighted by Gasteiger charge is -2.20. The topological polar surface area (TPSA) is 0 Å². The molecule has 0 heterocycles. The zero-order chi connectivity index (χ0) is 28.7. The number of rotatable bonds is 4. The smallest absolute Gasteiger partial charge is 0.000741 e. The Morgan fingerprint density at radius 1 is 0.465 bits per heavy atom. The summed E-state index contributed by atoms with van der Waals surface area (Å²) < 4.78 is 0. The molecule has 9 rings (SSSR count). The third kappa shape index (κ3) is 3.69. The second-order valence-electron chi connectivity index (χ2n) is 12.6. The predicted octanol–water partition coefficient (Wildman–Crippen LogP) is 12.1. The maximum Gasteiger partial charge on any atom is -0.000741 e. The summed E-state index contributed by atoms with van der Waals surface area (Å²) in [5.41, 5.74) is 16.1. The first kappa shape index (κ1) is 24.6. The van der Waals surface area contributed by atoms with Gasteiger partial charge in [0, 0.05) is 0 Å². The highest BCUT2D eigenvalue weighted by molar-refractivity contribution is 6.28. The minimum absolute atomic E-state index is 0.703. The minimum atomic E-state index is 0.703. The molecule has 0 spiro atoms. The van der Waals surface area contributed by atoms with Gasteiger partial charge in [-0.05, 0) is 108 Å². The van der Waals surface area contributed by atoms with Crippen LogP contribution in [0.1, 0.15) is 30.4 Å². The van der Waals surface area contributed by atoms with Gasteiger partial charge in [0.05, 0.1) is 0 Å². The molecule has 0 aliphatic heterocycles. The van der Waals surface area contributed by atoms with Gasteiger partial charge in [0.15, 0.2) is 0 Å². The molecule has 7 aromatic rings. The number of benzene rings is 7. The molecule has 2 aliphatic carbocycles. The Balaban J connectivity index is 1.41. The molecule has 43 heavy (non-hydrogen) atoms. The maximum atomic E-state index is 2.46. The van der Waals surface area contributed by atoms with Crippen LogP contribution in [0.2, 0.25) is 0 Å². The second-order valence-corrected chi connectivity index (χ2v) is 12.6. The molecular formula is C43H32. The van der Waals surface area contributed by atoms with Crippen molar-refractivity contribution in [3.05, 3.63) is 145 Å². The van der Waals surface area contributed by atoms with Crippen LogP contribution in [0.5, 0.6) is 0 Å². The van der Waals surface area contributed by atoms with Crippen molar-refractivity contribution in [2.24, 2.45) is 5.92 Å². The van der Waals surface area contributed by atoms with E-state index in [0.717, 1.165) is 5.92 Å². The van der Waals surface area contributed by atoms with E-state index in [1.165, 1.54) is 94.7 Å². The van der Waals surface area contributed by atoms with Crippen molar-refractivity contribution in [1.29, 1.82) is 0 Å². The summed E-state index contributed by atoms with van der Waals surface area (Å²) in [5.74, 6) is 1.49. The molecule has 1 fully saturated rings. The van der Waals surface area contributed by atoms with Gasteiger partial charge in [-0.2, -0.15) is 0 Å². The normalized spacial score (nSPS) is 16.5. The fourth-order valence-electron chi connectivity index (χ4n) is 7.83. The zero-order valence-electron chi connectivity index (χ0n) is 24.6. The monoisotopic (exact) mass is 548 g/mol. The lowest BCUT2D eigenvalue weighted by atomic mass is 9.82. The standard InChI is InChI=1S/C43H32/c1-26-22-30(25-31(23-26)38-24-27(38)2)32-20-21-37-41-33(32)18-11-19-36(41)42-39(28-12-5-3-6-13-28)34-16-9-10-17-35(34)40(43(37)42)29-14-7-4-8-15-29/h3-23,25,27,38H,24H2,1-2H3/t27-,38?/m1/s1. The van der Waals surface area contributed by atoms with Crippen LogP contribution in [0.25, 0.3) is 77.2 Å². The molecule has 7 aromatic carbocycles. The lowest BCUT2D eigenvalue weighted by Crippen LogP contribution is -1.93. The summed E-state index contributed by atoms with van der Waals surface area (Å²) >= 11 is 0. The summed E-state index contributed by atoms with van der Waals surface area (Å²) in [4.78, 5) is 0. The average molecular weight is 549 g/mol. The van der Waals surface area contributed by atoms with Crippen LogP contribution < -0.4 is 0 Å². The van der Waals surface area contributed by atoms with E-state index in [1.807, 2.05) is 0 Å². The number of aryl methyl sites for hydroxylation is 1. The Morgan fingerprint density at radius 2 is 1.00 bits per heavy atom. The Labute approximate surface area is 253 Å². The molecule has 1 unspecified atom stereocenters. The number of hydrogen-bond donors (Lipinski definition) is 0. The summed E-state index contributed by atoms with van der Waals surface area (Å²) in [6.45, 7) is 4.63. The van der Waals surface area contributed by atoms with Crippen molar-refractivity contribution >= 4 is 21.5 Å². The third-order valence-corrected chi connectivity index (χ3v) is 9.87. The minimum Gasteiger partial charge on any atom is -0.0622 e. The van der Waals surface area contributed by atoms with Gasteiger partial charge in [-0.1, -0.05) is 146 Å². The van der Waals surface area contributed by atoms with Gasteiger partial charge in [-0.25, -0.2) is 0 Å². The van der Waals surface area contributed by atoms with Crippen molar-refractivity contribution in [1.82, 2.24) is 0 Å². The Bertz CT molecular complexity index is 2130. The van der Waals surface area contributed by atoms with Gasteiger partial charge >= 0.3 is 0 Å². The summed E-state index contributed by atoms with van der Waals surface area (Å²) in [5, 5.41) is 5.33. The lowest BCUT2D eigenvalue weighted by molar-refractivity contribution is 0.914. The van der Waals surface area contributed by atoms with E-state index < -0.39 is 0 Å². The zero-order valence-corrected chi connectivity index (χ0v) is 24.6. The molecule has 0 amide bonds. The van der Waals surface area contributed by atoms with E-state index in [2.05, 4.69) is 147 Å². The van der Waals surface area contributed by atoms with Crippen LogP contribution in [-0.4, -0.2) is 0 Å². The van der Waals surface area contributed by atoms with E-state index in [-0.39, 0.29) is 0 Å². The summed E-state index contributed by atoms with van der Waals surface area (Å²) in [6, 6.07) is 50.0. The summed E-state index contributed by atoms with van der Waals surface area (Å²) in [6.07, 6.45) is 1.31. The average Bonchev–Trinajstić information content (AvgIpc) is 3.71. The molecule has 0 nitrogen and oxygen atoms in total. The van der Waals surface area contributed by atoms with Crippen molar-refractivity contribution in [3.8, 4) is 55.6 Å². The predicted molar refractivity (Wildman–Crippen MR) is 183 cm³/mol. The van der Waals surface area contributed by atoms with Crippen LogP contribution in [0.15, 0.2) is 133 Å². The van der Waals surface area contributed by atoms with Gasteiger partial charge in [0.1, 0.15) is 0 Å².